The van der Waals surface area contributed by atoms with Crippen molar-refractivity contribution in [2.75, 3.05) is 0 Å². The van der Waals surface area contributed by atoms with E-state index in [2.05, 4.69) is 15.1 Å². The molecule has 2 heterocycles. The van der Waals surface area contributed by atoms with Gasteiger partial charge >= 0.3 is 0 Å². The van der Waals surface area contributed by atoms with E-state index in [1.165, 1.54) is 0 Å². The number of hydrogen-bond acceptors (Lipinski definition) is 6. The number of aromatic nitrogens is 3. The first-order valence-corrected chi connectivity index (χ1v) is 6.07. The topological polar surface area (TPSA) is 91.0 Å². The fourth-order valence-electron chi connectivity index (χ4n) is 1.81. The lowest BCUT2D eigenvalue weighted by Crippen LogP contribution is -2.36. The van der Waals surface area contributed by atoms with E-state index >= 15 is 0 Å². The van der Waals surface area contributed by atoms with Gasteiger partial charge in [-0.1, -0.05) is 19.0 Å². The largest absolute Gasteiger partial charge is 0.436 e. The molecule has 0 radical (unpaired) electrons. The van der Waals surface area contributed by atoms with Crippen LogP contribution in [-0.2, 0) is 5.54 Å². The monoisotopic (exact) mass is 250 g/mol. The summed E-state index contributed by atoms with van der Waals surface area (Å²) in [4.78, 5) is 8.51. The first-order valence-electron chi connectivity index (χ1n) is 6.07. The summed E-state index contributed by atoms with van der Waals surface area (Å²) in [5.41, 5.74) is 6.40. The summed E-state index contributed by atoms with van der Waals surface area (Å²) in [6.45, 7) is 7.62. The number of nitrogens with zero attached hydrogens (tertiary/aromatic N) is 3. The highest BCUT2D eigenvalue weighted by molar-refractivity contribution is 5.47. The first-order chi connectivity index (χ1) is 8.50. The summed E-state index contributed by atoms with van der Waals surface area (Å²) in [5, 5.41) is 3.96. The fraction of sp³-hybridized carbons (Fsp3) is 0.583. The molecule has 0 unspecified atom stereocenters. The summed E-state index contributed by atoms with van der Waals surface area (Å²) < 4.78 is 10.7. The van der Waals surface area contributed by atoms with Crippen molar-refractivity contribution in [2.24, 2.45) is 5.73 Å². The van der Waals surface area contributed by atoms with E-state index in [0.29, 0.717) is 23.4 Å². The number of hydrogen-bond donors (Lipinski definition) is 1. The zero-order valence-corrected chi connectivity index (χ0v) is 11.1. The number of aryl methyl sites for hydroxylation is 2. The second kappa shape index (κ2) is 4.53. The maximum atomic E-state index is 6.22. The van der Waals surface area contributed by atoms with Crippen molar-refractivity contribution in [3.8, 4) is 11.7 Å². The molecule has 0 atom stereocenters. The lowest BCUT2D eigenvalue weighted by molar-refractivity contribution is 0.347. The quantitative estimate of drug-likeness (QED) is 0.895. The molecule has 0 aromatic carbocycles. The smallest absolute Gasteiger partial charge is 0.295 e. The van der Waals surface area contributed by atoms with Crippen LogP contribution in [0.1, 0.15) is 44.1 Å². The van der Waals surface area contributed by atoms with Crippen LogP contribution in [0.5, 0.6) is 0 Å². The third-order valence-electron chi connectivity index (χ3n) is 3.23. The van der Waals surface area contributed by atoms with E-state index in [1.807, 2.05) is 20.8 Å². The van der Waals surface area contributed by atoms with E-state index < -0.39 is 5.54 Å². The van der Waals surface area contributed by atoms with Crippen LogP contribution < -0.4 is 5.73 Å². The predicted octanol–water partition coefficient (Wildman–Crippen LogP) is 2.32. The maximum absolute atomic E-state index is 6.22. The molecule has 0 spiro atoms. The highest BCUT2D eigenvalue weighted by atomic mass is 16.5. The Morgan fingerprint density at radius 2 is 1.83 bits per heavy atom. The summed E-state index contributed by atoms with van der Waals surface area (Å²) in [5.74, 6) is 1.93. The third-order valence-corrected chi connectivity index (χ3v) is 3.23. The Kier molecular flexibility index (Phi) is 3.21. The van der Waals surface area contributed by atoms with Gasteiger partial charge in [-0.3, -0.25) is 0 Å². The van der Waals surface area contributed by atoms with Crippen LogP contribution in [0.4, 0.5) is 0 Å². The zero-order valence-electron chi connectivity index (χ0n) is 11.1. The van der Waals surface area contributed by atoms with Gasteiger partial charge in [-0.15, -0.1) is 0 Å². The fourth-order valence-corrected chi connectivity index (χ4v) is 1.81. The Bertz CT molecular complexity index is 540. The molecule has 2 aromatic heterocycles. The van der Waals surface area contributed by atoms with Crippen LogP contribution in [0.25, 0.3) is 11.7 Å². The average molecular weight is 250 g/mol. The van der Waals surface area contributed by atoms with Crippen molar-refractivity contribution < 1.29 is 8.94 Å². The van der Waals surface area contributed by atoms with E-state index in [9.17, 15) is 0 Å². The highest BCUT2D eigenvalue weighted by Crippen LogP contribution is 2.27. The first kappa shape index (κ1) is 12.8. The summed E-state index contributed by atoms with van der Waals surface area (Å²) in [6, 6.07) is 0. The molecule has 0 saturated heterocycles. The van der Waals surface area contributed by atoms with Crippen LogP contribution in [0.3, 0.4) is 0 Å². The van der Waals surface area contributed by atoms with Gasteiger partial charge in [-0.25, -0.2) is 4.98 Å². The molecule has 6 heteroatoms. The van der Waals surface area contributed by atoms with Crippen LogP contribution in [-0.4, -0.2) is 15.1 Å². The van der Waals surface area contributed by atoms with Gasteiger partial charge in [0, 0.05) is 6.92 Å². The van der Waals surface area contributed by atoms with Gasteiger partial charge in [-0.2, -0.15) is 4.98 Å². The van der Waals surface area contributed by atoms with Crippen molar-refractivity contribution in [2.45, 2.75) is 46.1 Å². The van der Waals surface area contributed by atoms with Crippen LogP contribution in [0.2, 0.25) is 0 Å². The summed E-state index contributed by atoms with van der Waals surface area (Å²) >= 11 is 0. The molecule has 6 nitrogen and oxygen atoms in total. The molecule has 0 aliphatic rings. The third kappa shape index (κ3) is 2.03. The van der Waals surface area contributed by atoms with Gasteiger partial charge in [0.15, 0.2) is 11.7 Å². The van der Waals surface area contributed by atoms with E-state index in [-0.39, 0.29) is 0 Å². The molecule has 2 N–H and O–H groups in total. The van der Waals surface area contributed by atoms with Crippen LogP contribution >= 0.6 is 0 Å². The molecule has 0 aliphatic heterocycles. The van der Waals surface area contributed by atoms with Gasteiger partial charge in [0.05, 0.1) is 11.2 Å². The van der Waals surface area contributed by atoms with Crippen molar-refractivity contribution >= 4 is 0 Å². The van der Waals surface area contributed by atoms with Gasteiger partial charge in [0.25, 0.3) is 5.89 Å². The average Bonchev–Trinajstić information content (AvgIpc) is 2.95. The second-order valence-electron chi connectivity index (χ2n) is 4.43. The minimum Gasteiger partial charge on any atom is -0.436 e. The maximum Gasteiger partial charge on any atom is 0.295 e. The van der Waals surface area contributed by atoms with Crippen molar-refractivity contribution in [1.82, 2.24) is 15.1 Å². The van der Waals surface area contributed by atoms with E-state index in [4.69, 9.17) is 14.7 Å². The molecule has 0 saturated carbocycles. The lowest BCUT2D eigenvalue weighted by atomic mass is 9.93. The molecule has 0 aliphatic carbocycles. The van der Waals surface area contributed by atoms with Crippen LogP contribution in [0.15, 0.2) is 8.94 Å². The van der Waals surface area contributed by atoms with Crippen molar-refractivity contribution in [3.63, 3.8) is 0 Å². The highest BCUT2D eigenvalue weighted by Gasteiger charge is 2.30. The van der Waals surface area contributed by atoms with E-state index in [0.717, 1.165) is 18.5 Å². The Morgan fingerprint density at radius 3 is 2.33 bits per heavy atom. The molecule has 2 aromatic rings. The SMILES string of the molecule is CCC(N)(CC)c1noc(-c2oc(C)nc2C)n1. The molecular weight excluding hydrogens is 232 g/mol. The van der Waals surface area contributed by atoms with E-state index in [1.54, 1.807) is 6.92 Å². The number of nitrogens with two attached hydrogens (primary N) is 1. The molecule has 0 fully saturated rings. The Morgan fingerprint density at radius 1 is 1.17 bits per heavy atom. The molecular formula is C12H18N4O2. The Hall–Kier alpha value is -1.69. The molecule has 0 bridgehead atoms. The Balaban J connectivity index is 2.39. The predicted molar refractivity (Wildman–Crippen MR) is 65.7 cm³/mol. The Labute approximate surface area is 106 Å². The summed E-state index contributed by atoms with van der Waals surface area (Å²) in [7, 11) is 0. The van der Waals surface area contributed by atoms with Crippen molar-refractivity contribution in [1.29, 1.82) is 0 Å². The van der Waals surface area contributed by atoms with Gasteiger partial charge < -0.3 is 14.7 Å². The summed E-state index contributed by atoms with van der Waals surface area (Å²) in [6.07, 6.45) is 1.49. The standard InChI is InChI=1S/C12H18N4O2/c1-5-12(13,6-2)11-15-10(18-16-11)9-7(3)14-8(4)17-9/h5-6,13H2,1-4H3. The number of rotatable bonds is 4. The van der Waals surface area contributed by atoms with Gasteiger partial charge in [0.1, 0.15) is 0 Å². The lowest BCUT2D eigenvalue weighted by Gasteiger charge is -2.21. The minimum atomic E-state index is -0.551. The molecule has 98 valence electrons. The normalized spacial score (nSPS) is 12.1. The molecule has 2 rings (SSSR count). The second-order valence-corrected chi connectivity index (χ2v) is 4.43. The van der Waals surface area contributed by atoms with Gasteiger partial charge in [-0.05, 0) is 19.8 Å². The number of oxazole rings is 1. The zero-order chi connectivity index (χ0) is 13.3. The minimum absolute atomic E-state index is 0.333. The van der Waals surface area contributed by atoms with Crippen molar-refractivity contribution in [3.05, 3.63) is 17.4 Å². The molecule has 18 heavy (non-hydrogen) atoms. The van der Waals surface area contributed by atoms with Gasteiger partial charge in [0.2, 0.25) is 5.76 Å². The molecule has 0 amide bonds. The van der Waals surface area contributed by atoms with Crippen LogP contribution in [0, 0.1) is 13.8 Å².